The van der Waals surface area contributed by atoms with Gasteiger partial charge in [-0.05, 0) is 65.4 Å². The van der Waals surface area contributed by atoms with Gasteiger partial charge in [0.05, 0.1) is 21.8 Å². The fourth-order valence-corrected chi connectivity index (χ4v) is 5.49. The van der Waals surface area contributed by atoms with Gasteiger partial charge in [-0.25, -0.2) is 9.37 Å². The van der Waals surface area contributed by atoms with Crippen LogP contribution in [0.2, 0.25) is 0 Å². The molecule has 1 saturated heterocycles. The normalized spacial score (nSPS) is 17.8. The number of nitrogens with zero attached hydrogens (tertiary/aromatic N) is 2. The summed E-state index contributed by atoms with van der Waals surface area (Å²) in [6, 6.07) is 17.8. The monoisotopic (exact) mass is 500 g/mol. The molecule has 36 heavy (non-hydrogen) atoms. The molecule has 2 heterocycles. The van der Waals surface area contributed by atoms with Crippen LogP contribution < -0.4 is 4.90 Å². The zero-order valence-corrected chi connectivity index (χ0v) is 21.2. The lowest BCUT2D eigenvalue weighted by Crippen LogP contribution is -2.29. The second kappa shape index (κ2) is 8.68. The van der Waals surface area contributed by atoms with Gasteiger partial charge in [0.1, 0.15) is 11.6 Å². The lowest BCUT2D eigenvalue weighted by molar-refractivity contribution is -0.132. The van der Waals surface area contributed by atoms with E-state index in [1.54, 1.807) is 0 Å². The molecule has 7 heteroatoms. The van der Waals surface area contributed by atoms with Crippen molar-refractivity contribution in [2.75, 3.05) is 4.90 Å². The van der Waals surface area contributed by atoms with E-state index in [0.29, 0.717) is 10.7 Å². The molecule has 0 aliphatic carbocycles. The Morgan fingerprint density at radius 3 is 2.31 bits per heavy atom. The van der Waals surface area contributed by atoms with Gasteiger partial charge >= 0.3 is 5.91 Å². The van der Waals surface area contributed by atoms with E-state index in [1.807, 2.05) is 49.4 Å². The van der Waals surface area contributed by atoms with E-state index in [-0.39, 0.29) is 22.3 Å². The lowest BCUT2D eigenvalue weighted by Gasteiger charge is -2.24. The molecule has 4 aromatic rings. The third-order valence-electron chi connectivity index (χ3n) is 6.39. The number of ketones is 1. The summed E-state index contributed by atoms with van der Waals surface area (Å²) in [5.41, 5.74) is 3.67. The first-order valence-corrected chi connectivity index (χ1v) is 12.4. The number of carbonyl (C=O) groups excluding carboxylic acids is 2. The third kappa shape index (κ3) is 4.09. The number of aryl methyl sites for hydroxylation is 1. The highest BCUT2D eigenvalue weighted by Gasteiger charge is 2.48. The number of carbonyl (C=O) groups is 2. The number of hydrogen-bond donors (Lipinski definition) is 1. The summed E-state index contributed by atoms with van der Waals surface area (Å²) in [4.78, 5) is 32.8. The lowest BCUT2D eigenvalue weighted by atomic mass is 9.85. The molecule has 1 aromatic heterocycles. The number of aliphatic hydroxyl groups is 1. The van der Waals surface area contributed by atoms with E-state index in [0.717, 1.165) is 21.3 Å². The Kier molecular flexibility index (Phi) is 5.75. The van der Waals surface area contributed by atoms with E-state index in [1.165, 1.54) is 40.5 Å². The third-order valence-corrected chi connectivity index (χ3v) is 7.41. The molecule has 5 nitrogen and oxygen atoms in total. The summed E-state index contributed by atoms with van der Waals surface area (Å²) in [5.74, 6) is -2.39. The summed E-state index contributed by atoms with van der Waals surface area (Å²) in [6.07, 6.45) is 0. The van der Waals surface area contributed by atoms with E-state index < -0.39 is 23.5 Å². The van der Waals surface area contributed by atoms with Crippen LogP contribution in [0, 0.1) is 12.7 Å². The summed E-state index contributed by atoms with van der Waals surface area (Å²) in [7, 11) is 0. The van der Waals surface area contributed by atoms with Crippen LogP contribution in [0.5, 0.6) is 0 Å². The zero-order valence-electron chi connectivity index (χ0n) is 20.4. The van der Waals surface area contributed by atoms with E-state index in [9.17, 15) is 19.1 Å². The fraction of sp³-hybridized carbons (Fsp3) is 0.207. The topological polar surface area (TPSA) is 70.5 Å². The number of amides is 1. The molecule has 1 N–H and O–H groups in total. The Bertz CT molecular complexity index is 1530. The Morgan fingerprint density at radius 1 is 1.00 bits per heavy atom. The number of hydrogen-bond acceptors (Lipinski definition) is 5. The Hall–Kier alpha value is -3.84. The van der Waals surface area contributed by atoms with E-state index >= 15 is 0 Å². The molecular weight excluding hydrogens is 475 g/mol. The van der Waals surface area contributed by atoms with Crippen molar-refractivity contribution in [1.82, 2.24) is 4.98 Å². The van der Waals surface area contributed by atoms with Gasteiger partial charge < -0.3 is 5.11 Å². The quantitative estimate of drug-likeness (QED) is 0.194. The number of halogens is 1. The molecule has 0 bridgehead atoms. The first kappa shape index (κ1) is 23.9. The van der Waals surface area contributed by atoms with Crippen molar-refractivity contribution in [3.05, 3.63) is 100 Å². The van der Waals surface area contributed by atoms with Gasteiger partial charge in [-0.2, -0.15) is 0 Å². The van der Waals surface area contributed by atoms with Crippen LogP contribution in [0.4, 0.5) is 9.52 Å². The summed E-state index contributed by atoms with van der Waals surface area (Å²) in [6.45, 7) is 8.29. The fourth-order valence-electron chi connectivity index (χ4n) is 4.40. The molecule has 5 rings (SSSR count). The maximum absolute atomic E-state index is 13.5. The number of benzene rings is 3. The number of aromatic nitrogens is 1. The van der Waals surface area contributed by atoms with Crippen LogP contribution in [0.3, 0.4) is 0 Å². The molecule has 1 amide bonds. The molecule has 0 radical (unpaired) electrons. The predicted molar refractivity (Wildman–Crippen MR) is 141 cm³/mol. The first-order chi connectivity index (χ1) is 17.0. The summed E-state index contributed by atoms with van der Waals surface area (Å²) >= 11 is 1.32. The molecule has 1 fully saturated rings. The Morgan fingerprint density at radius 2 is 1.67 bits per heavy atom. The van der Waals surface area contributed by atoms with Crippen molar-refractivity contribution in [2.45, 2.75) is 39.2 Å². The van der Waals surface area contributed by atoms with Gasteiger partial charge in [-0.15, -0.1) is 0 Å². The van der Waals surface area contributed by atoms with Crippen LogP contribution in [0.25, 0.3) is 16.0 Å². The number of anilines is 1. The highest BCUT2D eigenvalue weighted by atomic mass is 32.1. The van der Waals surface area contributed by atoms with Crippen molar-refractivity contribution in [2.24, 2.45) is 0 Å². The average Bonchev–Trinajstić information content (AvgIpc) is 3.36. The Labute approximate surface area is 212 Å². The summed E-state index contributed by atoms with van der Waals surface area (Å²) < 4.78 is 14.4. The van der Waals surface area contributed by atoms with Crippen LogP contribution in [-0.4, -0.2) is 21.8 Å². The number of Topliss-reactive ketones (excluding diaryl/α,β-unsaturated/α-hetero) is 1. The molecule has 0 spiro atoms. The highest BCUT2D eigenvalue weighted by molar-refractivity contribution is 7.22. The van der Waals surface area contributed by atoms with Gasteiger partial charge in [0.25, 0.3) is 5.78 Å². The molecule has 3 aromatic carbocycles. The number of rotatable bonds is 3. The van der Waals surface area contributed by atoms with E-state index in [2.05, 4.69) is 25.8 Å². The molecule has 0 unspecified atom stereocenters. The van der Waals surface area contributed by atoms with Crippen molar-refractivity contribution in [1.29, 1.82) is 0 Å². The molecule has 1 aliphatic heterocycles. The number of aliphatic hydroxyl groups excluding tert-OH is 1. The standard InChI is InChI=1S/C29H25FN2O3S/c1-16-5-14-21-22(15-16)36-28(31-21)32-24(17-6-10-19(11-7-17)29(2,3)4)23(26(34)27(32)35)25(33)18-8-12-20(30)13-9-18/h5-15,24,33H,1-4H3/t24-/m0/s1. The van der Waals surface area contributed by atoms with Gasteiger partial charge in [0.15, 0.2) is 5.13 Å². The van der Waals surface area contributed by atoms with Crippen LogP contribution in [0.15, 0.2) is 72.3 Å². The minimum Gasteiger partial charge on any atom is -0.507 e. The zero-order chi connectivity index (χ0) is 25.8. The largest absolute Gasteiger partial charge is 0.507 e. The Balaban J connectivity index is 1.71. The maximum atomic E-state index is 13.5. The molecule has 1 aliphatic rings. The van der Waals surface area contributed by atoms with Gasteiger partial charge in [0, 0.05) is 5.56 Å². The molecule has 182 valence electrons. The number of fused-ring (bicyclic) bond motifs is 1. The van der Waals surface area contributed by atoms with Crippen molar-refractivity contribution in [3.63, 3.8) is 0 Å². The predicted octanol–water partition coefficient (Wildman–Crippen LogP) is 6.67. The minimum atomic E-state index is -0.884. The minimum absolute atomic E-state index is 0.0504. The van der Waals surface area contributed by atoms with Gasteiger partial charge in [-0.3, -0.25) is 14.5 Å². The molecule has 0 saturated carbocycles. The second-order valence-electron chi connectivity index (χ2n) is 10.0. The van der Waals surface area contributed by atoms with Crippen molar-refractivity contribution < 1.29 is 19.1 Å². The van der Waals surface area contributed by atoms with E-state index in [4.69, 9.17) is 0 Å². The number of thiazole rings is 1. The van der Waals surface area contributed by atoms with Crippen molar-refractivity contribution >= 4 is 44.1 Å². The van der Waals surface area contributed by atoms with Crippen LogP contribution >= 0.6 is 11.3 Å². The average molecular weight is 501 g/mol. The highest BCUT2D eigenvalue weighted by Crippen LogP contribution is 2.44. The smallest absolute Gasteiger partial charge is 0.301 e. The van der Waals surface area contributed by atoms with Crippen LogP contribution in [-0.2, 0) is 15.0 Å². The maximum Gasteiger partial charge on any atom is 0.301 e. The van der Waals surface area contributed by atoms with Crippen LogP contribution in [0.1, 0.15) is 49.1 Å². The van der Waals surface area contributed by atoms with Gasteiger partial charge in [-0.1, -0.05) is 62.4 Å². The first-order valence-electron chi connectivity index (χ1n) is 11.6. The SMILES string of the molecule is Cc1ccc2nc(N3C(=O)C(=O)C(=C(O)c4ccc(F)cc4)[C@@H]3c3ccc(C(C)(C)C)cc3)sc2c1. The van der Waals surface area contributed by atoms with Crippen molar-refractivity contribution in [3.8, 4) is 0 Å². The second-order valence-corrected chi connectivity index (χ2v) is 11.0. The molecular formula is C29H25FN2O3S. The molecule has 1 atom stereocenters. The van der Waals surface area contributed by atoms with Gasteiger partial charge in [0.2, 0.25) is 0 Å². The summed E-state index contributed by atoms with van der Waals surface area (Å²) in [5, 5.41) is 11.6.